The van der Waals surface area contributed by atoms with Crippen LogP contribution in [0.1, 0.15) is 6.42 Å². The van der Waals surface area contributed by atoms with Crippen molar-refractivity contribution in [2.24, 2.45) is 5.92 Å². The Morgan fingerprint density at radius 3 is 2.86 bits per heavy atom. The van der Waals surface area contributed by atoms with Crippen LogP contribution in [0, 0.1) is 5.92 Å². The van der Waals surface area contributed by atoms with Gasteiger partial charge in [-0.25, -0.2) is 0 Å². The quantitative estimate of drug-likeness (QED) is 0.621. The molecule has 0 aromatic heterocycles. The summed E-state index contributed by atoms with van der Waals surface area (Å²) in [5.74, 6) is -0.448. The zero-order valence-corrected chi connectivity index (χ0v) is 8.60. The first-order valence-corrected chi connectivity index (χ1v) is 4.68. The third kappa shape index (κ3) is 2.67. The molecule has 14 heavy (non-hydrogen) atoms. The number of ether oxygens (including phenoxy) is 2. The smallest absolute Gasteiger partial charge is 0.310 e. The van der Waals surface area contributed by atoms with Crippen LogP contribution in [0.4, 0.5) is 0 Å². The molecule has 1 rings (SSSR count). The maximum Gasteiger partial charge on any atom is 0.310 e. The number of esters is 1. The minimum absolute atomic E-state index is 0.202. The summed E-state index contributed by atoms with van der Waals surface area (Å²) in [7, 11) is 2.98. The molecule has 2 unspecified atom stereocenters. The summed E-state index contributed by atoms with van der Waals surface area (Å²) in [6.07, 6.45) is -0.0922. The molecule has 0 radical (unpaired) electrons. The van der Waals surface area contributed by atoms with Gasteiger partial charge in [-0.2, -0.15) is 0 Å². The van der Waals surface area contributed by atoms with Gasteiger partial charge in [-0.1, -0.05) is 0 Å². The van der Waals surface area contributed by atoms with E-state index in [0.29, 0.717) is 26.1 Å². The fourth-order valence-corrected chi connectivity index (χ4v) is 1.67. The van der Waals surface area contributed by atoms with Crippen LogP contribution < -0.4 is 0 Å². The first-order valence-electron chi connectivity index (χ1n) is 4.68. The Hall–Kier alpha value is -0.650. The Morgan fingerprint density at radius 2 is 2.29 bits per heavy atom. The molecule has 1 saturated heterocycles. The number of hydrogen-bond donors (Lipinski definition) is 1. The predicted molar refractivity (Wildman–Crippen MR) is 49.6 cm³/mol. The summed E-state index contributed by atoms with van der Waals surface area (Å²) in [6.45, 7) is 1.76. The van der Waals surface area contributed by atoms with Crippen LogP contribution in [0.15, 0.2) is 0 Å². The van der Waals surface area contributed by atoms with Gasteiger partial charge >= 0.3 is 5.97 Å². The van der Waals surface area contributed by atoms with Gasteiger partial charge in [0.1, 0.15) is 6.23 Å². The van der Waals surface area contributed by atoms with Gasteiger partial charge in [-0.15, -0.1) is 0 Å². The minimum atomic E-state index is -0.547. The summed E-state index contributed by atoms with van der Waals surface area (Å²) in [5.41, 5.74) is 0. The molecule has 1 fully saturated rings. The molecule has 0 saturated carbocycles. The van der Waals surface area contributed by atoms with Gasteiger partial charge in [0.25, 0.3) is 0 Å². The molecule has 0 aromatic rings. The molecule has 0 amide bonds. The highest BCUT2D eigenvalue weighted by molar-refractivity contribution is 5.72. The van der Waals surface area contributed by atoms with E-state index in [1.807, 2.05) is 4.90 Å². The van der Waals surface area contributed by atoms with E-state index in [0.717, 1.165) is 0 Å². The van der Waals surface area contributed by atoms with Crippen molar-refractivity contribution >= 4 is 5.97 Å². The molecule has 0 aromatic carbocycles. The lowest BCUT2D eigenvalue weighted by Gasteiger charge is -2.18. The van der Waals surface area contributed by atoms with E-state index in [-0.39, 0.29) is 11.9 Å². The van der Waals surface area contributed by atoms with Gasteiger partial charge in [-0.05, 0) is 0 Å². The van der Waals surface area contributed by atoms with Crippen molar-refractivity contribution in [2.45, 2.75) is 12.6 Å². The molecule has 5 nitrogen and oxygen atoms in total. The van der Waals surface area contributed by atoms with Crippen molar-refractivity contribution < 1.29 is 19.4 Å². The van der Waals surface area contributed by atoms with Gasteiger partial charge < -0.3 is 14.6 Å². The van der Waals surface area contributed by atoms with Gasteiger partial charge in [0.05, 0.1) is 19.6 Å². The number of aliphatic hydroxyl groups excluding tert-OH is 1. The van der Waals surface area contributed by atoms with Gasteiger partial charge in [0.2, 0.25) is 0 Å². The zero-order valence-electron chi connectivity index (χ0n) is 8.60. The third-order valence-electron chi connectivity index (χ3n) is 2.49. The van der Waals surface area contributed by atoms with E-state index in [4.69, 9.17) is 4.74 Å². The lowest BCUT2D eigenvalue weighted by atomic mass is 10.1. The Balaban J connectivity index is 2.39. The van der Waals surface area contributed by atoms with Crippen LogP contribution in [-0.4, -0.2) is 56.1 Å². The van der Waals surface area contributed by atoms with E-state index in [2.05, 4.69) is 4.74 Å². The Bertz CT molecular complexity index is 197. The van der Waals surface area contributed by atoms with E-state index < -0.39 is 6.23 Å². The molecule has 0 aliphatic carbocycles. The van der Waals surface area contributed by atoms with Gasteiger partial charge in [0.15, 0.2) is 0 Å². The van der Waals surface area contributed by atoms with Crippen LogP contribution in [0.2, 0.25) is 0 Å². The average molecular weight is 203 g/mol. The number of aliphatic hydroxyl groups is 1. The fourth-order valence-electron chi connectivity index (χ4n) is 1.67. The molecule has 0 bridgehead atoms. The topological polar surface area (TPSA) is 59.0 Å². The third-order valence-corrected chi connectivity index (χ3v) is 2.49. The van der Waals surface area contributed by atoms with Crippen LogP contribution >= 0.6 is 0 Å². The fraction of sp³-hybridized carbons (Fsp3) is 0.889. The molecule has 1 aliphatic heterocycles. The summed E-state index contributed by atoms with van der Waals surface area (Å²) >= 11 is 0. The second-order valence-electron chi connectivity index (χ2n) is 3.42. The first-order chi connectivity index (χ1) is 6.69. The molecule has 1 heterocycles. The van der Waals surface area contributed by atoms with Crippen molar-refractivity contribution in [3.63, 3.8) is 0 Å². The van der Waals surface area contributed by atoms with Crippen molar-refractivity contribution in [3.05, 3.63) is 0 Å². The molecule has 82 valence electrons. The number of carbonyl (C=O) groups excluding carboxylic acids is 1. The zero-order chi connectivity index (χ0) is 10.6. The van der Waals surface area contributed by atoms with Crippen molar-refractivity contribution in [2.75, 3.05) is 33.9 Å². The lowest BCUT2D eigenvalue weighted by Crippen LogP contribution is -2.32. The number of methoxy groups -OCH3 is 2. The SMILES string of the molecule is COCCN1CC(C(=O)OC)CC1O. The molecular weight excluding hydrogens is 186 g/mol. The van der Waals surface area contributed by atoms with E-state index in [1.54, 1.807) is 7.11 Å². The molecule has 5 heteroatoms. The van der Waals surface area contributed by atoms with Crippen LogP contribution in [0.25, 0.3) is 0 Å². The first kappa shape index (κ1) is 11.4. The highest BCUT2D eigenvalue weighted by atomic mass is 16.5. The lowest BCUT2D eigenvalue weighted by molar-refractivity contribution is -0.145. The van der Waals surface area contributed by atoms with Crippen LogP contribution in [-0.2, 0) is 14.3 Å². The number of hydrogen-bond acceptors (Lipinski definition) is 5. The number of carbonyl (C=O) groups is 1. The highest BCUT2D eigenvalue weighted by Gasteiger charge is 2.35. The molecule has 0 spiro atoms. The van der Waals surface area contributed by atoms with Gasteiger partial charge in [-0.3, -0.25) is 9.69 Å². The van der Waals surface area contributed by atoms with Crippen molar-refractivity contribution in [1.82, 2.24) is 4.90 Å². The Morgan fingerprint density at radius 1 is 1.57 bits per heavy atom. The number of nitrogens with zero attached hydrogens (tertiary/aromatic N) is 1. The summed E-state index contributed by atoms with van der Waals surface area (Å²) in [6, 6.07) is 0. The van der Waals surface area contributed by atoms with Crippen molar-refractivity contribution in [3.8, 4) is 0 Å². The van der Waals surface area contributed by atoms with E-state index in [1.165, 1.54) is 7.11 Å². The van der Waals surface area contributed by atoms with Crippen molar-refractivity contribution in [1.29, 1.82) is 0 Å². The predicted octanol–water partition coefficient (Wildman–Crippen LogP) is -0.554. The average Bonchev–Trinajstić information content (AvgIpc) is 2.56. The van der Waals surface area contributed by atoms with Gasteiger partial charge in [0, 0.05) is 26.6 Å². The Labute approximate surface area is 83.6 Å². The Kier molecular flexibility index (Phi) is 4.31. The second-order valence-corrected chi connectivity index (χ2v) is 3.42. The minimum Gasteiger partial charge on any atom is -0.469 e. The maximum absolute atomic E-state index is 11.2. The summed E-state index contributed by atoms with van der Waals surface area (Å²) < 4.78 is 9.53. The van der Waals surface area contributed by atoms with Crippen LogP contribution in [0.5, 0.6) is 0 Å². The second kappa shape index (κ2) is 5.29. The standard InChI is InChI=1S/C9H17NO4/c1-13-4-3-10-6-7(5-8(10)11)9(12)14-2/h7-8,11H,3-6H2,1-2H3. The van der Waals surface area contributed by atoms with Crippen LogP contribution in [0.3, 0.4) is 0 Å². The van der Waals surface area contributed by atoms with E-state index in [9.17, 15) is 9.90 Å². The number of rotatable bonds is 4. The molecule has 1 N–H and O–H groups in total. The van der Waals surface area contributed by atoms with E-state index >= 15 is 0 Å². The summed E-state index contributed by atoms with van der Waals surface area (Å²) in [5, 5.41) is 9.59. The normalized spacial score (nSPS) is 27.9. The number of likely N-dealkylation sites (tertiary alicyclic amines) is 1. The molecule has 1 aliphatic rings. The maximum atomic E-state index is 11.2. The monoisotopic (exact) mass is 203 g/mol. The summed E-state index contributed by atoms with van der Waals surface area (Å²) in [4.78, 5) is 13.0. The molecular formula is C9H17NO4. The highest BCUT2D eigenvalue weighted by Crippen LogP contribution is 2.21. The molecule has 2 atom stereocenters. The largest absolute Gasteiger partial charge is 0.469 e.